The van der Waals surface area contributed by atoms with Crippen LogP contribution in [0.25, 0.3) is 0 Å². The van der Waals surface area contributed by atoms with Crippen LogP contribution in [-0.4, -0.2) is 17.9 Å². The van der Waals surface area contributed by atoms with Crippen LogP contribution in [0.4, 0.5) is 5.69 Å². The van der Waals surface area contributed by atoms with E-state index in [4.69, 9.17) is 22.7 Å². The van der Waals surface area contributed by atoms with Crippen LogP contribution >= 0.6 is 11.6 Å². The molecule has 0 amide bonds. The van der Waals surface area contributed by atoms with Gasteiger partial charge in [0.2, 0.25) is 0 Å². The van der Waals surface area contributed by atoms with Crippen LogP contribution < -0.4 is 10.6 Å². The number of nitrogen functional groups attached to an aromatic ring is 1. The molecule has 5 heteroatoms. The molecule has 0 saturated heterocycles. The number of anilines is 1. The lowest BCUT2D eigenvalue weighted by atomic mass is 10.1. The Kier molecular flexibility index (Phi) is 4.02. The van der Waals surface area contributed by atoms with Crippen LogP contribution in [0.5, 0.6) is 0 Å². The highest BCUT2D eigenvalue weighted by Gasteiger charge is 2.10. The van der Waals surface area contributed by atoms with Crippen LogP contribution in [-0.2, 0) is 6.54 Å². The molecule has 0 aliphatic rings. The molecule has 1 aromatic carbocycles. The molecular weight excluding hydrogens is 260 g/mol. The van der Waals surface area contributed by atoms with Crippen molar-refractivity contribution in [1.82, 2.24) is 4.98 Å². The summed E-state index contributed by atoms with van der Waals surface area (Å²) in [5.74, 6) is 0.0130. The Hall–Kier alpha value is -2.07. The van der Waals surface area contributed by atoms with Crippen molar-refractivity contribution in [3.8, 4) is 0 Å². The zero-order valence-electron chi connectivity index (χ0n) is 10.6. The van der Waals surface area contributed by atoms with E-state index < -0.39 is 0 Å². The van der Waals surface area contributed by atoms with Crippen LogP contribution in [0.15, 0.2) is 42.7 Å². The normalized spacial score (nSPS) is 10.2. The van der Waals surface area contributed by atoms with Gasteiger partial charge >= 0.3 is 0 Å². The Morgan fingerprint density at radius 2 is 2.00 bits per heavy atom. The number of nitrogens with one attached hydrogen (secondary N) is 1. The molecule has 2 aromatic rings. The number of nitrogens with zero attached hydrogens (tertiary/aromatic N) is 2. The van der Waals surface area contributed by atoms with Gasteiger partial charge in [0.25, 0.3) is 0 Å². The molecule has 0 fully saturated rings. The fraction of sp³-hybridized carbons (Fsp3) is 0.143. The fourth-order valence-corrected chi connectivity index (χ4v) is 2.08. The van der Waals surface area contributed by atoms with Crippen LogP contribution in [0.1, 0.15) is 11.1 Å². The number of nitrogens with two attached hydrogens (primary N) is 1. The second kappa shape index (κ2) is 5.71. The third kappa shape index (κ3) is 3.23. The van der Waals surface area contributed by atoms with E-state index in [1.807, 2.05) is 30.1 Å². The number of rotatable bonds is 4. The quantitative estimate of drug-likeness (QED) is 0.665. The molecule has 0 spiro atoms. The van der Waals surface area contributed by atoms with Gasteiger partial charge in [-0.2, -0.15) is 0 Å². The minimum atomic E-state index is 0.0130. The van der Waals surface area contributed by atoms with Gasteiger partial charge in [0.15, 0.2) is 0 Å². The van der Waals surface area contributed by atoms with E-state index in [0.717, 1.165) is 11.3 Å². The summed E-state index contributed by atoms with van der Waals surface area (Å²) in [6.45, 7) is 0.713. The van der Waals surface area contributed by atoms with Crippen molar-refractivity contribution in [2.24, 2.45) is 5.73 Å². The first-order valence-electron chi connectivity index (χ1n) is 5.82. The average Bonchev–Trinajstić information content (AvgIpc) is 2.39. The lowest BCUT2D eigenvalue weighted by Crippen LogP contribution is -2.22. The molecule has 0 radical (unpaired) electrons. The van der Waals surface area contributed by atoms with Gasteiger partial charge < -0.3 is 10.6 Å². The molecule has 0 saturated carbocycles. The van der Waals surface area contributed by atoms with Gasteiger partial charge in [0.05, 0.1) is 0 Å². The summed E-state index contributed by atoms with van der Waals surface area (Å²) < 4.78 is 0. The number of hydrogen-bond donors (Lipinski definition) is 2. The van der Waals surface area contributed by atoms with Gasteiger partial charge in [-0.15, -0.1) is 0 Å². The number of halogens is 1. The summed E-state index contributed by atoms with van der Waals surface area (Å²) in [4.78, 5) is 6.02. The van der Waals surface area contributed by atoms with Crippen molar-refractivity contribution in [2.45, 2.75) is 6.54 Å². The van der Waals surface area contributed by atoms with Gasteiger partial charge in [-0.25, -0.2) is 0 Å². The predicted octanol–water partition coefficient (Wildman–Crippen LogP) is 2.66. The molecule has 4 nitrogen and oxygen atoms in total. The summed E-state index contributed by atoms with van der Waals surface area (Å²) >= 11 is 5.95. The Morgan fingerprint density at radius 3 is 2.63 bits per heavy atom. The Labute approximate surface area is 117 Å². The van der Waals surface area contributed by atoms with Gasteiger partial charge in [0, 0.05) is 42.3 Å². The molecular formula is C14H15ClN4. The monoisotopic (exact) mass is 274 g/mol. The first-order valence-corrected chi connectivity index (χ1v) is 6.19. The van der Waals surface area contributed by atoms with Crippen molar-refractivity contribution in [3.05, 3.63) is 58.9 Å². The molecule has 2 rings (SSSR count). The van der Waals surface area contributed by atoms with Gasteiger partial charge in [-0.3, -0.25) is 10.4 Å². The predicted molar refractivity (Wildman–Crippen MR) is 78.8 cm³/mol. The first kappa shape index (κ1) is 13.4. The summed E-state index contributed by atoms with van der Waals surface area (Å²) in [6, 6.07) is 9.30. The number of benzene rings is 1. The van der Waals surface area contributed by atoms with Crippen molar-refractivity contribution in [1.29, 1.82) is 5.41 Å². The van der Waals surface area contributed by atoms with Crippen molar-refractivity contribution >= 4 is 23.1 Å². The Morgan fingerprint density at radius 1 is 1.32 bits per heavy atom. The molecule has 0 unspecified atom stereocenters. The SMILES string of the molecule is CN(Cc1ccncc1)c1ccc(Cl)cc1C(=N)N. The van der Waals surface area contributed by atoms with E-state index in [2.05, 4.69) is 4.98 Å². The summed E-state index contributed by atoms with van der Waals surface area (Å²) in [7, 11) is 1.95. The maximum atomic E-state index is 7.63. The summed E-state index contributed by atoms with van der Waals surface area (Å²) in [5.41, 5.74) is 8.27. The minimum Gasteiger partial charge on any atom is -0.384 e. The molecule has 0 bridgehead atoms. The number of pyridine rings is 1. The smallest absolute Gasteiger partial charge is 0.124 e. The molecule has 98 valence electrons. The van der Waals surface area contributed by atoms with Crippen molar-refractivity contribution < 1.29 is 0 Å². The minimum absolute atomic E-state index is 0.0130. The third-order valence-corrected chi connectivity index (χ3v) is 3.06. The second-order valence-corrected chi connectivity index (χ2v) is 4.72. The van der Waals surface area contributed by atoms with Gasteiger partial charge in [-0.1, -0.05) is 11.6 Å². The largest absolute Gasteiger partial charge is 0.384 e. The lowest BCUT2D eigenvalue weighted by molar-refractivity contribution is 0.918. The second-order valence-electron chi connectivity index (χ2n) is 4.29. The number of amidine groups is 1. The van der Waals surface area contributed by atoms with Gasteiger partial charge in [-0.05, 0) is 35.9 Å². The zero-order valence-corrected chi connectivity index (χ0v) is 11.4. The first-order chi connectivity index (χ1) is 9.08. The molecule has 0 atom stereocenters. The Balaban J connectivity index is 2.28. The highest BCUT2D eigenvalue weighted by Crippen LogP contribution is 2.24. The molecule has 3 N–H and O–H groups in total. The van der Waals surface area contributed by atoms with Crippen LogP contribution in [0.3, 0.4) is 0 Å². The van der Waals surface area contributed by atoms with Gasteiger partial charge in [0.1, 0.15) is 5.84 Å². The van der Waals surface area contributed by atoms with E-state index in [-0.39, 0.29) is 5.84 Å². The Bertz CT molecular complexity index is 583. The van der Waals surface area contributed by atoms with E-state index in [0.29, 0.717) is 17.1 Å². The van der Waals surface area contributed by atoms with Crippen molar-refractivity contribution in [2.75, 3.05) is 11.9 Å². The number of hydrogen-bond acceptors (Lipinski definition) is 3. The topological polar surface area (TPSA) is 66.0 Å². The third-order valence-electron chi connectivity index (χ3n) is 2.83. The molecule has 1 heterocycles. The standard InChI is InChI=1S/C14H15ClN4/c1-19(9-10-4-6-18-7-5-10)13-3-2-11(15)8-12(13)14(16)17/h2-8H,9H2,1H3,(H3,16,17). The molecule has 1 aromatic heterocycles. The molecule has 0 aliphatic carbocycles. The summed E-state index contributed by atoms with van der Waals surface area (Å²) in [6.07, 6.45) is 3.52. The lowest BCUT2D eigenvalue weighted by Gasteiger charge is -2.22. The highest BCUT2D eigenvalue weighted by atomic mass is 35.5. The zero-order chi connectivity index (χ0) is 13.8. The highest BCUT2D eigenvalue weighted by molar-refractivity contribution is 6.31. The van der Waals surface area contributed by atoms with Crippen LogP contribution in [0, 0.1) is 5.41 Å². The maximum absolute atomic E-state index is 7.63. The van der Waals surface area contributed by atoms with Crippen LogP contribution in [0.2, 0.25) is 5.02 Å². The fourth-order valence-electron chi connectivity index (χ4n) is 1.90. The van der Waals surface area contributed by atoms with E-state index in [1.165, 1.54) is 0 Å². The molecule has 19 heavy (non-hydrogen) atoms. The summed E-state index contributed by atoms with van der Waals surface area (Å²) in [5, 5.41) is 8.20. The van der Waals surface area contributed by atoms with E-state index >= 15 is 0 Å². The molecule has 0 aliphatic heterocycles. The maximum Gasteiger partial charge on any atom is 0.124 e. The van der Waals surface area contributed by atoms with Crippen molar-refractivity contribution in [3.63, 3.8) is 0 Å². The van der Waals surface area contributed by atoms with E-state index in [1.54, 1.807) is 24.5 Å². The number of aromatic nitrogens is 1. The van der Waals surface area contributed by atoms with E-state index in [9.17, 15) is 0 Å². The average molecular weight is 275 g/mol.